The highest BCUT2D eigenvalue weighted by Crippen LogP contribution is 2.27. The van der Waals surface area contributed by atoms with Gasteiger partial charge in [0.15, 0.2) is 0 Å². The second-order valence-electron chi connectivity index (χ2n) is 9.05. The number of rotatable bonds is 5. The Balaban J connectivity index is 1.47. The predicted molar refractivity (Wildman–Crippen MR) is 123 cm³/mol. The van der Waals surface area contributed by atoms with Gasteiger partial charge in [-0.1, -0.05) is 48.5 Å². The van der Waals surface area contributed by atoms with Crippen LogP contribution >= 0.6 is 0 Å². The average Bonchev–Trinajstić information content (AvgIpc) is 2.77. The topological polar surface area (TPSA) is 26.8 Å². The monoisotopic (exact) mass is 405 g/mol. The zero-order chi connectivity index (χ0) is 20.9. The van der Waals surface area contributed by atoms with Gasteiger partial charge in [0, 0.05) is 37.3 Å². The van der Waals surface area contributed by atoms with E-state index >= 15 is 0 Å². The number of piperidine rings is 2. The van der Waals surface area contributed by atoms with Gasteiger partial charge in [0.1, 0.15) is 0 Å². The van der Waals surface area contributed by atoms with E-state index in [0.29, 0.717) is 12.1 Å². The van der Waals surface area contributed by atoms with Crippen LogP contribution in [0.3, 0.4) is 0 Å². The van der Waals surface area contributed by atoms with Gasteiger partial charge in [0.25, 0.3) is 5.91 Å². The van der Waals surface area contributed by atoms with Crippen LogP contribution in [-0.4, -0.2) is 65.9 Å². The zero-order valence-electron chi connectivity index (χ0n) is 18.5. The Bertz CT molecular complexity index is 821. The van der Waals surface area contributed by atoms with E-state index in [1.165, 1.54) is 5.56 Å². The van der Waals surface area contributed by atoms with Crippen LogP contribution in [0.2, 0.25) is 0 Å². The average molecular weight is 406 g/mol. The molecule has 2 aromatic carbocycles. The van der Waals surface area contributed by atoms with Crippen LogP contribution in [0, 0.1) is 6.92 Å². The second kappa shape index (κ2) is 9.76. The smallest absolute Gasteiger partial charge is 0.254 e. The number of benzene rings is 2. The van der Waals surface area contributed by atoms with E-state index in [0.717, 1.165) is 69.5 Å². The van der Waals surface area contributed by atoms with Gasteiger partial charge in [-0.3, -0.25) is 9.69 Å². The summed E-state index contributed by atoms with van der Waals surface area (Å²) in [6.45, 7) is 7.34. The second-order valence-corrected chi connectivity index (χ2v) is 9.05. The number of hydrogen-bond donors (Lipinski definition) is 0. The van der Waals surface area contributed by atoms with Gasteiger partial charge >= 0.3 is 0 Å². The summed E-state index contributed by atoms with van der Waals surface area (Å²) in [5, 5.41) is 0. The molecule has 0 spiro atoms. The fraction of sp³-hybridized carbons (Fsp3) is 0.500. The Morgan fingerprint density at radius 3 is 2.07 bits per heavy atom. The number of nitrogens with zero attached hydrogens (tertiary/aromatic N) is 3. The van der Waals surface area contributed by atoms with Crippen LogP contribution in [0.4, 0.5) is 0 Å². The number of likely N-dealkylation sites (tertiary alicyclic amines) is 2. The lowest BCUT2D eigenvalue weighted by molar-refractivity contribution is 0.0311. The highest BCUT2D eigenvalue weighted by molar-refractivity contribution is 5.96. The van der Waals surface area contributed by atoms with E-state index in [9.17, 15) is 4.79 Å². The molecule has 1 amide bonds. The number of hydrogen-bond acceptors (Lipinski definition) is 3. The lowest BCUT2D eigenvalue weighted by Crippen LogP contribution is -2.54. The quantitative estimate of drug-likeness (QED) is 0.746. The van der Waals surface area contributed by atoms with Gasteiger partial charge in [0.05, 0.1) is 0 Å². The molecule has 4 rings (SSSR count). The summed E-state index contributed by atoms with van der Waals surface area (Å²) in [6.07, 6.45) is 4.30. The summed E-state index contributed by atoms with van der Waals surface area (Å²) in [6, 6.07) is 19.5. The van der Waals surface area contributed by atoms with Crippen molar-refractivity contribution in [3.63, 3.8) is 0 Å². The van der Waals surface area contributed by atoms with Gasteiger partial charge < -0.3 is 9.80 Å². The van der Waals surface area contributed by atoms with Crippen molar-refractivity contribution in [1.29, 1.82) is 0 Å². The van der Waals surface area contributed by atoms with Crippen LogP contribution in [0.5, 0.6) is 0 Å². The van der Waals surface area contributed by atoms with E-state index < -0.39 is 0 Å². The Labute approximate surface area is 181 Å². The highest BCUT2D eigenvalue weighted by atomic mass is 16.2. The molecule has 2 aromatic rings. The van der Waals surface area contributed by atoms with Crippen molar-refractivity contribution < 1.29 is 4.79 Å². The molecule has 30 heavy (non-hydrogen) atoms. The number of carbonyl (C=O) groups is 1. The van der Waals surface area contributed by atoms with Gasteiger partial charge in [-0.05, 0) is 69.9 Å². The minimum Gasteiger partial charge on any atom is -0.332 e. The SMILES string of the molecule is Cc1ccccc1C(=O)N(C1CCN(C)CC1)C1CCN(Cc2ccccc2)CC1. The summed E-state index contributed by atoms with van der Waals surface area (Å²) in [5.74, 6) is 0.240. The first-order chi connectivity index (χ1) is 14.6. The molecule has 2 saturated heterocycles. The minimum atomic E-state index is 0.240. The molecule has 2 aliphatic heterocycles. The van der Waals surface area contributed by atoms with E-state index in [1.54, 1.807) is 0 Å². The highest BCUT2D eigenvalue weighted by Gasteiger charge is 2.35. The summed E-state index contributed by atoms with van der Waals surface area (Å²) in [7, 11) is 2.19. The molecule has 2 aliphatic rings. The molecule has 0 atom stereocenters. The van der Waals surface area contributed by atoms with E-state index in [2.05, 4.69) is 65.1 Å². The minimum absolute atomic E-state index is 0.240. The molecule has 2 fully saturated rings. The van der Waals surface area contributed by atoms with Crippen LogP contribution in [-0.2, 0) is 6.54 Å². The van der Waals surface area contributed by atoms with E-state index in [-0.39, 0.29) is 5.91 Å². The maximum absolute atomic E-state index is 13.7. The Kier molecular flexibility index (Phi) is 6.86. The Morgan fingerprint density at radius 2 is 1.43 bits per heavy atom. The third kappa shape index (κ3) is 4.93. The van der Waals surface area contributed by atoms with Crippen LogP contribution in [0.15, 0.2) is 54.6 Å². The van der Waals surface area contributed by atoms with E-state index in [4.69, 9.17) is 0 Å². The fourth-order valence-corrected chi connectivity index (χ4v) is 5.05. The lowest BCUT2D eigenvalue weighted by atomic mass is 9.94. The normalized spacial score (nSPS) is 19.7. The van der Waals surface area contributed by atoms with Gasteiger partial charge in [-0.2, -0.15) is 0 Å². The van der Waals surface area contributed by atoms with Crippen LogP contribution < -0.4 is 0 Å². The first-order valence-electron chi connectivity index (χ1n) is 11.4. The maximum Gasteiger partial charge on any atom is 0.254 e. The van der Waals surface area contributed by atoms with Crippen molar-refractivity contribution in [3.05, 3.63) is 71.3 Å². The van der Waals surface area contributed by atoms with Gasteiger partial charge in [-0.25, -0.2) is 0 Å². The van der Waals surface area contributed by atoms with Gasteiger partial charge in [0.2, 0.25) is 0 Å². The van der Waals surface area contributed by atoms with Crippen molar-refractivity contribution in [3.8, 4) is 0 Å². The van der Waals surface area contributed by atoms with Crippen LogP contribution in [0.1, 0.15) is 47.2 Å². The van der Waals surface area contributed by atoms with E-state index in [1.807, 2.05) is 18.2 Å². The molecular formula is C26H35N3O. The lowest BCUT2D eigenvalue weighted by Gasteiger charge is -2.45. The Morgan fingerprint density at radius 1 is 0.867 bits per heavy atom. The van der Waals surface area contributed by atoms with Crippen molar-refractivity contribution >= 4 is 5.91 Å². The van der Waals surface area contributed by atoms with Crippen molar-refractivity contribution in [2.24, 2.45) is 0 Å². The molecule has 160 valence electrons. The number of carbonyl (C=O) groups excluding carboxylic acids is 1. The predicted octanol–water partition coefficient (Wildman–Crippen LogP) is 4.20. The molecule has 0 aliphatic carbocycles. The zero-order valence-corrected chi connectivity index (χ0v) is 18.5. The third-order valence-electron chi connectivity index (χ3n) is 6.89. The summed E-state index contributed by atoms with van der Waals surface area (Å²) in [4.78, 5) is 20.9. The number of amides is 1. The molecule has 0 saturated carbocycles. The fourth-order valence-electron chi connectivity index (χ4n) is 5.05. The molecule has 4 heteroatoms. The van der Waals surface area contributed by atoms with Crippen LogP contribution in [0.25, 0.3) is 0 Å². The molecule has 0 unspecified atom stereocenters. The third-order valence-corrected chi connectivity index (χ3v) is 6.89. The first kappa shape index (κ1) is 21.1. The molecule has 0 N–H and O–H groups in total. The summed E-state index contributed by atoms with van der Waals surface area (Å²) in [5.41, 5.74) is 3.34. The van der Waals surface area contributed by atoms with Crippen molar-refractivity contribution in [2.75, 3.05) is 33.2 Å². The molecule has 0 radical (unpaired) electrons. The molecule has 2 heterocycles. The largest absolute Gasteiger partial charge is 0.332 e. The standard InChI is InChI=1S/C26H35N3O/c1-21-8-6-7-11-25(21)26(30)29(23-12-16-27(2)17-13-23)24-14-18-28(19-15-24)20-22-9-4-3-5-10-22/h3-11,23-24H,12-20H2,1-2H3. The number of aryl methyl sites for hydroxylation is 1. The van der Waals surface area contributed by atoms with Crippen molar-refractivity contribution in [2.45, 2.75) is 51.2 Å². The summed E-state index contributed by atoms with van der Waals surface area (Å²) >= 11 is 0. The molecular weight excluding hydrogens is 370 g/mol. The maximum atomic E-state index is 13.7. The molecule has 4 nitrogen and oxygen atoms in total. The molecule has 0 aromatic heterocycles. The first-order valence-corrected chi connectivity index (χ1v) is 11.4. The van der Waals surface area contributed by atoms with Crippen molar-refractivity contribution in [1.82, 2.24) is 14.7 Å². The van der Waals surface area contributed by atoms with Gasteiger partial charge in [-0.15, -0.1) is 0 Å². The Hall–Kier alpha value is -2.17. The summed E-state index contributed by atoms with van der Waals surface area (Å²) < 4.78 is 0. The molecule has 0 bridgehead atoms.